The van der Waals surface area contributed by atoms with Gasteiger partial charge < -0.3 is 4.74 Å². The van der Waals surface area contributed by atoms with E-state index < -0.39 is 5.97 Å². The molecule has 0 bridgehead atoms. The third-order valence-corrected chi connectivity index (χ3v) is 3.34. The van der Waals surface area contributed by atoms with Crippen molar-refractivity contribution in [2.45, 2.75) is 13.8 Å². The Labute approximate surface area is 123 Å². The molecule has 0 aliphatic carbocycles. The van der Waals surface area contributed by atoms with Crippen LogP contribution in [0.2, 0.25) is 0 Å². The summed E-state index contributed by atoms with van der Waals surface area (Å²) in [5.74, 6) is -0.0354. The first-order valence-electron chi connectivity index (χ1n) is 6.79. The Kier molecular flexibility index (Phi) is 3.40. The smallest absolute Gasteiger partial charge is 0.363 e. The molecule has 0 saturated heterocycles. The number of carbonyl (C=O) groups excluding carboxylic acids is 1. The van der Waals surface area contributed by atoms with Crippen molar-refractivity contribution in [2.24, 2.45) is 4.99 Å². The molecule has 1 aliphatic rings. The van der Waals surface area contributed by atoms with Gasteiger partial charge in [-0.25, -0.2) is 9.79 Å². The van der Waals surface area contributed by atoms with Crippen LogP contribution in [0.5, 0.6) is 0 Å². The van der Waals surface area contributed by atoms with E-state index in [9.17, 15) is 4.79 Å². The van der Waals surface area contributed by atoms with Crippen molar-refractivity contribution in [1.82, 2.24) is 0 Å². The number of esters is 1. The van der Waals surface area contributed by atoms with Crippen molar-refractivity contribution in [3.63, 3.8) is 0 Å². The maximum absolute atomic E-state index is 12.0. The number of hydrogen-bond acceptors (Lipinski definition) is 3. The molecule has 0 radical (unpaired) electrons. The Morgan fingerprint density at radius 3 is 2.62 bits per heavy atom. The Hall–Kier alpha value is -2.68. The highest BCUT2D eigenvalue weighted by Gasteiger charge is 2.24. The van der Waals surface area contributed by atoms with Gasteiger partial charge in [0.15, 0.2) is 5.70 Å². The van der Waals surface area contributed by atoms with E-state index in [-0.39, 0.29) is 0 Å². The van der Waals surface area contributed by atoms with Crippen LogP contribution >= 0.6 is 0 Å². The first-order valence-corrected chi connectivity index (χ1v) is 6.79. The Bertz CT molecular complexity index is 772. The molecule has 3 rings (SSSR count). The van der Waals surface area contributed by atoms with Gasteiger partial charge in [-0.1, -0.05) is 48.0 Å². The summed E-state index contributed by atoms with van der Waals surface area (Å²) in [5, 5.41) is 0. The molecule has 1 heterocycles. The zero-order valence-electron chi connectivity index (χ0n) is 12.0. The number of aliphatic imine (C=N–C) groups is 1. The number of ether oxygens (including phenoxy) is 1. The minimum absolute atomic E-state index is 0.332. The van der Waals surface area contributed by atoms with Gasteiger partial charge in [0.25, 0.3) is 0 Å². The second kappa shape index (κ2) is 5.37. The summed E-state index contributed by atoms with van der Waals surface area (Å²) in [5.41, 5.74) is 4.29. The maximum atomic E-state index is 12.0. The molecule has 0 spiro atoms. The molecular weight excluding hydrogens is 262 g/mol. The molecule has 0 N–H and O–H groups in total. The van der Waals surface area contributed by atoms with Crippen molar-refractivity contribution in [3.05, 3.63) is 76.5 Å². The van der Waals surface area contributed by atoms with Crippen LogP contribution in [0, 0.1) is 13.8 Å². The Morgan fingerprint density at radius 2 is 1.86 bits per heavy atom. The van der Waals surface area contributed by atoms with Gasteiger partial charge in [0, 0.05) is 5.56 Å². The van der Waals surface area contributed by atoms with Crippen LogP contribution < -0.4 is 0 Å². The predicted octanol–water partition coefficient (Wildman–Crippen LogP) is 3.65. The topological polar surface area (TPSA) is 38.7 Å². The number of nitrogens with zero attached hydrogens (tertiary/aromatic N) is 1. The second-order valence-corrected chi connectivity index (χ2v) is 5.07. The van der Waals surface area contributed by atoms with Crippen molar-refractivity contribution in [1.29, 1.82) is 0 Å². The summed E-state index contributed by atoms with van der Waals surface area (Å²) in [6, 6.07) is 15.6. The van der Waals surface area contributed by atoms with E-state index in [0.29, 0.717) is 11.6 Å². The fourth-order valence-corrected chi connectivity index (χ4v) is 2.25. The zero-order valence-corrected chi connectivity index (χ0v) is 12.0. The Morgan fingerprint density at radius 1 is 1.05 bits per heavy atom. The van der Waals surface area contributed by atoms with Crippen LogP contribution in [-0.2, 0) is 9.53 Å². The minimum Gasteiger partial charge on any atom is -0.402 e. The van der Waals surface area contributed by atoms with Crippen molar-refractivity contribution in [3.8, 4) is 0 Å². The van der Waals surface area contributed by atoms with E-state index in [2.05, 4.69) is 4.99 Å². The van der Waals surface area contributed by atoms with Crippen LogP contribution in [0.4, 0.5) is 0 Å². The molecule has 1 aliphatic heterocycles. The summed E-state index contributed by atoms with van der Waals surface area (Å²) in [4.78, 5) is 16.3. The molecule has 0 fully saturated rings. The number of hydrogen-bond donors (Lipinski definition) is 0. The van der Waals surface area contributed by atoms with Crippen LogP contribution in [0.25, 0.3) is 6.08 Å². The second-order valence-electron chi connectivity index (χ2n) is 5.07. The average Bonchev–Trinajstić information content (AvgIpc) is 2.80. The fourth-order valence-electron chi connectivity index (χ4n) is 2.25. The van der Waals surface area contributed by atoms with Gasteiger partial charge in [0.1, 0.15) is 0 Å². The normalized spacial score (nSPS) is 16.0. The third kappa shape index (κ3) is 2.77. The largest absolute Gasteiger partial charge is 0.402 e. The van der Waals surface area contributed by atoms with E-state index in [0.717, 1.165) is 22.3 Å². The molecule has 21 heavy (non-hydrogen) atoms. The summed E-state index contributed by atoms with van der Waals surface area (Å²) in [6.45, 7) is 3.98. The highest BCUT2D eigenvalue weighted by molar-refractivity contribution is 6.13. The summed E-state index contributed by atoms with van der Waals surface area (Å²) in [7, 11) is 0. The van der Waals surface area contributed by atoms with E-state index >= 15 is 0 Å². The Balaban J connectivity index is 1.98. The lowest BCUT2D eigenvalue weighted by Crippen LogP contribution is -2.06. The molecule has 0 saturated carbocycles. The predicted molar refractivity (Wildman–Crippen MR) is 83.0 cm³/mol. The standard InChI is InChI=1S/C18H15NO2/c1-12-6-5-8-14(10-12)11-16-18(20)21-17(19-16)15-9-4-3-7-13(15)2/h3-11H,1-2H3. The van der Waals surface area contributed by atoms with Gasteiger partial charge >= 0.3 is 5.97 Å². The summed E-state index contributed by atoms with van der Waals surface area (Å²) >= 11 is 0. The summed E-state index contributed by atoms with van der Waals surface area (Å²) < 4.78 is 5.29. The van der Waals surface area contributed by atoms with Crippen LogP contribution in [0.3, 0.4) is 0 Å². The molecular formula is C18H15NO2. The fraction of sp³-hybridized carbons (Fsp3) is 0.111. The first-order chi connectivity index (χ1) is 10.1. The lowest BCUT2D eigenvalue weighted by molar-refractivity contribution is -0.129. The number of carbonyl (C=O) groups is 1. The number of benzene rings is 2. The van der Waals surface area contributed by atoms with Crippen molar-refractivity contribution >= 4 is 17.9 Å². The molecule has 104 valence electrons. The van der Waals surface area contributed by atoms with Gasteiger partial charge in [-0.05, 0) is 37.1 Å². The van der Waals surface area contributed by atoms with E-state index in [1.165, 1.54) is 0 Å². The zero-order chi connectivity index (χ0) is 14.8. The molecule has 0 aromatic heterocycles. The third-order valence-electron chi connectivity index (χ3n) is 3.34. The van der Waals surface area contributed by atoms with Gasteiger partial charge in [-0.3, -0.25) is 0 Å². The van der Waals surface area contributed by atoms with Gasteiger partial charge in [-0.2, -0.15) is 0 Å². The molecule has 2 aromatic carbocycles. The first kappa shape index (κ1) is 13.3. The van der Waals surface area contributed by atoms with Crippen LogP contribution in [-0.4, -0.2) is 11.9 Å². The average molecular weight is 277 g/mol. The van der Waals surface area contributed by atoms with Gasteiger partial charge in [-0.15, -0.1) is 0 Å². The monoisotopic (exact) mass is 277 g/mol. The van der Waals surface area contributed by atoms with E-state index in [4.69, 9.17) is 4.74 Å². The summed E-state index contributed by atoms with van der Waals surface area (Å²) in [6.07, 6.45) is 1.75. The van der Waals surface area contributed by atoms with E-state index in [1.54, 1.807) is 6.08 Å². The molecule has 3 heteroatoms. The molecule has 2 aromatic rings. The number of rotatable bonds is 2. The van der Waals surface area contributed by atoms with Crippen molar-refractivity contribution < 1.29 is 9.53 Å². The molecule has 0 amide bonds. The lowest BCUT2D eigenvalue weighted by atomic mass is 10.1. The van der Waals surface area contributed by atoms with E-state index in [1.807, 2.05) is 62.4 Å². The number of cyclic esters (lactones) is 1. The van der Waals surface area contributed by atoms with Crippen LogP contribution in [0.15, 0.2) is 59.2 Å². The molecule has 0 atom stereocenters. The highest BCUT2D eigenvalue weighted by Crippen LogP contribution is 2.21. The number of aryl methyl sites for hydroxylation is 2. The minimum atomic E-state index is -0.408. The van der Waals surface area contributed by atoms with Gasteiger partial charge in [0.2, 0.25) is 5.90 Å². The van der Waals surface area contributed by atoms with Crippen LogP contribution in [0.1, 0.15) is 22.3 Å². The highest BCUT2D eigenvalue weighted by atomic mass is 16.6. The molecule has 3 nitrogen and oxygen atoms in total. The molecule has 0 unspecified atom stereocenters. The lowest BCUT2D eigenvalue weighted by Gasteiger charge is -2.02. The van der Waals surface area contributed by atoms with Crippen molar-refractivity contribution in [2.75, 3.05) is 0 Å². The quantitative estimate of drug-likeness (QED) is 0.621. The maximum Gasteiger partial charge on any atom is 0.363 e. The van der Waals surface area contributed by atoms with Gasteiger partial charge in [0.05, 0.1) is 0 Å². The SMILES string of the molecule is Cc1cccc(C=C2N=C(c3ccccc3C)OC2=O)c1.